The summed E-state index contributed by atoms with van der Waals surface area (Å²) >= 11 is 0. The van der Waals surface area contributed by atoms with Crippen LogP contribution in [0, 0.1) is 0 Å². The molecule has 0 saturated heterocycles. The standard InChI is InChI=1S/C14H18N2O5/c1-2-16(8-7-13(18)19)14(20)10-5-3-4-6-11(10)21-9-12(15)17/h3-6H,2,7-9H2,1H3,(H2,15,17)(H,18,19). The molecule has 21 heavy (non-hydrogen) atoms. The molecule has 1 rings (SSSR count). The Labute approximate surface area is 122 Å². The van der Waals surface area contributed by atoms with Crippen LogP contribution in [0.4, 0.5) is 0 Å². The molecule has 0 aliphatic rings. The van der Waals surface area contributed by atoms with E-state index in [1.54, 1.807) is 31.2 Å². The molecule has 3 N–H and O–H groups in total. The lowest BCUT2D eigenvalue weighted by Gasteiger charge is -2.21. The van der Waals surface area contributed by atoms with Gasteiger partial charge < -0.3 is 20.5 Å². The number of rotatable bonds is 8. The van der Waals surface area contributed by atoms with Crippen LogP contribution >= 0.6 is 0 Å². The number of carboxylic acids is 1. The molecule has 0 radical (unpaired) electrons. The number of nitrogens with zero attached hydrogens (tertiary/aromatic N) is 1. The second kappa shape index (κ2) is 7.88. The molecule has 114 valence electrons. The third-order valence-electron chi connectivity index (χ3n) is 2.75. The average Bonchev–Trinajstić information content (AvgIpc) is 2.45. The van der Waals surface area contributed by atoms with Crippen LogP contribution in [0.2, 0.25) is 0 Å². The summed E-state index contributed by atoms with van der Waals surface area (Å²) in [5.41, 5.74) is 5.28. The van der Waals surface area contributed by atoms with E-state index in [1.807, 2.05) is 0 Å². The van der Waals surface area contributed by atoms with Gasteiger partial charge in [-0.2, -0.15) is 0 Å². The molecule has 2 amide bonds. The Kier molecular flexibility index (Phi) is 6.19. The predicted molar refractivity (Wildman–Crippen MR) is 75.0 cm³/mol. The molecular weight excluding hydrogens is 276 g/mol. The number of hydrogen-bond donors (Lipinski definition) is 2. The van der Waals surface area contributed by atoms with Gasteiger partial charge in [-0.25, -0.2) is 0 Å². The van der Waals surface area contributed by atoms with Crippen molar-refractivity contribution in [1.82, 2.24) is 4.90 Å². The molecule has 0 unspecified atom stereocenters. The van der Waals surface area contributed by atoms with Crippen LogP contribution in [-0.4, -0.2) is 47.5 Å². The van der Waals surface area contributed by atoms with E-state index < -0.39 is 11.9 Å². The van der Waals surface area contributed by atoms with Gasteiger partial charge in [0.05, 0.1) is 12.0 Å². The Morgan fingerprint density at radius 1 is 1.29 bits per heavy atom. The SMILES string of the molecule is CCN(CCC(=O)O)C(=O)c1ccccc1OCC(N)=O. The first-order chi connectivity index (χ1) is 9.95. The minimum absolute atomic E-state index is 0.106. The summed E-state index contributed by atoms with van der Waals surface area (Å²) in [6.07, 6.45) is -0.135. The molecule has 1 aromatic rings. The van der Waals surface area contributed by atoms with Crippen molar-refractivity contribution < 1.29 is 24.2 Å². The molecule has 0 spiro atoms. The van der Waals surface area contributed by atoms with E-state index in [1.165, 1.54) is 4.90 Å². The second-order valence-corrected chi connectivity index (χ2v) is 4.28. The molecule has 0 heterocycles. The van der Waals surface area contributed by atoms with Crippen LogP contribution in [-0.2, 0) is 9.59 Å². The number of aliphatic carboxylic acids is 1. The average molecular weight is 294 g/mol. The number of ether oxygens (including phenoxy) is 1. The molecule has 0 atom stereocenters. The summed E-state index contributed by atoms with van der Waals surface area (Å²) in [5, 5.41) is 8.70. The minimum Gasteiger partial charge on any atom is -0.483 e. The van der Waals surface area contributed by atoms with Crippen molar-refractivity contribution in [3.05, 3.63) is 29.8 Å². The van der Waals surface area contributed by atoms with Crippen molar-refractivity contribution >= 4 is 17.8 Å². The van der Waals surface area contributed by atoms with E-state index in [9.17, 15) is 14.4 Å². The number of nitrogens with two attached hydrogens (primary N) is 1. The molecule has 7 nitrogen and oxygen atoms in total. The van der Waals surface area contributed by atoms with Gasteiger partial charge in [-0.1, -0.05) is 12.1 Å². The van der Waals surface area contributed by atoms with Gasteiger partial charge in [0.15, 0.2) is 6.61 Å². The number of carboxylic acid groups (broad SMARTS) is 1. The minimum atomic E-state index is -0.973. The number of para-hydroxylation sites is 1. The topological polar surface area (TPSA) is 110 Å². The van der Waals surface area contributed by atoms with E-state index in [2.05, 4.69) is 0 Å². The van der Waals surface area contributed by atoms with Crippen LogP contribution in [0.25, 0.3) is 0 Å². The number of hydrogen-bond acceptors (Lipinski definition) is 4. The molecule has 0 aliphatic heterocycles. The van der Waals surface area contributed by atoms with Gasteiger partial charge in [-0.3, -0.25) is 14.4 Å². The maximum absolute atomic E-state index is 12.4. The first kappa shape index (κ1) is 16.5. The highest BCUT2D eigenvalue weighted by Gasteiger charge is 2.19. The summed E-state index contributed by atoms with van der Waals surface area (Å²) in [5.74, 6) is -1.72. The fraction of sp³-hybridized carbons (Fsp3) is 0.357. The molecule has 0 fully saturated rings. The molecule has 0 bridgehead atoms. The first-order valence-electron chi connectivity index (χ1n) is 6.47. The van der Waals surface area contributed by atoms with E-state index in [-0.39, 0.29) is 36.8 Å². The zero-order valence-corrected chi connectivity index (χ0v) is 11.7. The normalized spacial score (nSPS) is 9.95. The predicted octanol–water partition coefficient (Wildman–Crippen LogP) is 0.488. The van der Waals surface area contributed by atoms with Gasteiger partial charge in [0.25, 0.3) is 11.8 Å². The summed E-state index contributed by atoms with van der Waals surface area (Å²) in [4.78, 5) is 35.2. The Hall–Kier alpha value is -2.57. The largest absolute Gasteiger partial charge is 0.483 e. The van der Waals surface area contributed by atoms with E-state index in [4.69, 9.17) is 15.6 Å². The Morgan fingerprint density at radius 3 is 2.52 bits per heavy atom. The maximum atomic E-state index is 12.4. The molecule has 0 saturated carbocycles. The zero-order valence-electron chi connectivity index (χ0n) is 11.7. The second-order valence-electron chi connectivity index (χ2n) is 4.28. The van der Waals surface area contributed by atoms with Gasteiger partial charge in [-0.05, 0) is 19.1 Å². The van der Waals surface area contributed by atoms with Crippen molar-refractivity contribution in [2.75, 3.05) is 19.7 Å². The molecule has 0 aliphatic carbocycles. The lowest BCUT2D eigenvalue weighted by Crippen LogP contribution is -2.33. The van der Waals surface area contributed by atoms with Crippen molar-refractivity contribution in [2.45, 2.75) is 13.3 Å². The number of benzene rings is 1. The summed E-state index contributed by atoms with van der Waals surface area (Å²) in [7, 11) is 0. The number of carbonyl (C=O) groups excluding carboxylic acids is 2. The van der Waals surface area contributed by atoms with E-state index in [0.29, 0.717) is 6.54 Å². The number of primary amides is 1. The van der Waals surface area contributed by atoms with Crippen LogP contribution < -0.4 is 10.5 Å². The van der Waals surface area contributed by atoms with E-state index >= 15 is 0 Å². The number of amides is 2. The van der Waals surface area contributed by atoms with Crippen molar-refractivity contribution in [2.24, 2.45) is 5.73 Å². The van der Waals surface area contributed by atoms with Gasteiger partial charge in [0, 0.05) is 13.1 Å². The summed E-state index contributed by atoms with van der Waals surface area (Å²) in [6.45, 7) is 1.91. The lowest BCUT2D eigenvalue weighted by atomic mass is 10.1. The van der Waals surface area contributed by atoms with Crippen LogP contribution in [0.15, 0.2) is 24.3 Å². The quantitative estimate of drug-likeness (QED) is 0.725. The lowest BCUT2D eigenvalue weighted by molar-refractivity contribution is -0.137. The third-order valence-corrected chi connectivity index (χ3v) is 2.75. The van der Waals surface area contributed by atoms with Crippen molar-refractivity contribution in [3.8, 4) is 5.75 Å². The van der Waals surface area contributed by atoms with Gasteiger partial charge >= 0.3 is 5.97 Å². The summed E-state index contributed by atoms with van der Waals surface area (Å²) in [6, 6.07) is 6.44. The smallest absolute Gasteiger partial charge is 0.305 e. The Morgan fingerprint density at radius 2 is 1.95 bits per heavy atom. The highest BCUT2D eigenvalue weighted by Crippen LogP contribution is 2.20. The maximum Gasteiger partial charge on any atom is 0.305 e. The first-order valence-corrected chi connectivity index (χ1v) is 6.47. The van der Waals surface area contributed by atoms with E-state index in [0.717, 1.165) is 0 Å². The molecule has 1 aromatic carbocycles. The summed E-state index contributed by atoms with van der Waals surface area (Å²) < 4.78 is 5.20. The van der Waals surface area contributed by atoms with Crippen LogP contribution in [0.3, 0.4) is 0 Å². The van der Waals surface area contributed by atoms with Crippen molar-refractivity contribution in [3.63, 3.8) is 0 Å². The third kappa shape index (κ3) is 5.13. The van der Waals surface area contributed by atoms with Gasteiger partial charge in [0.1, 0.15) is 5.75 Å². The van der Waals surface area contributed by atoms with Gasteiger partial charge in [0.2, 0.25) is 0 Å². The fourth-order valence-corrected chi connectivity index (χ4v) is 1.72. The molecule has 0 aromatic heterocycles. The Balaban J connectivity index is 2.88. The molecular formula is C14H18N2O5. The zero-order chi connectivity index (χ0) is 15.8. The Bertz CT molecular complexity index is 530. The van der Waals surface area contributed by atoms with Crippen LogP contribution in [0.1, 0.15) is 23.7 Å². The van der Waals surface area contributed by atoms with Crippen LogP contribution in [0.5, 0.6) is 5.75 Å². The monoisotopic (exact) mass is 294 g/mol. The highest BCUT2D eigenvalue weighted by atomic mass is 16.5. The number of carbonyl (C=O) groups is 3. The van der Waals surface area contributed by atoms with Crippen molar-refractivity contribution in [1.29, 1.82) is 0 Å². The highest BCUT2D eigenvalue weighted by molar-refractivity contribution is 5.97. The molecule has 7 heteroatoms. The fourth-order valence-electron chi connectivity index (χ4n) is 1.72. The van der Waals surface area contributed by atoms with Gasteiger partial charge in [-0.15, -0.1) is 0 Å².